The summed E-state index contributed by atoms with van der Waals surface area (Å²) in [4.78, 5) is 11.4. The van der Waals surface area contributed by atoms with Gasteiger partial charge in [-0.15, -0.1) is 5.10 Å². The number of nitrogens with one attached hydrogen (secondary N) is 1. The Morgan fingerprint density at radius 2 is 2.50 bits per heavy atom. The van der Waals surface area contributed by atoms with Gasteiger partial charge in [0.25, 0.3) is 0 Å². The first-order valence-electron chi connectivity index (χ1n) is 4.89. The summed E-state index contributed by atoms with van der Waals surface area (Å²) in [7, 11) is 1.62. The van der Waals surface area contributed by atoms with Crippen LogP contribution in [0.3, 0.4) is 0 Å². The molecule has 0 fully saturated rings. The molecule has 7 heteroatoms. The molecule has 1 unspecified atom stereocenters. The van der Waals surface area contributed by atoms with Crippen LogP contribution in [0.15, 0.2) is 9.95 Å². The molecule has 6 nitrogen and oxygen atoms in total. The molecule has 1 N–H and O–H groups in total. The molecule has 0 radical (unpaired) electrons. The summed E-state index contributed by atoms with van der Waals surface area (Å²) in [6.07, 6.45) is 0.741. The minimum Gasteiger partial charge on any atom is -0.385 e. The summed E-state index contributed by atoms with van der Waals surface area (Å²) in [5.41, 5.74) is -0.247. The molecule has 0 saturated carbocycles. The van der Waals surface area contributed by atoms with Crippen LogP contribution < -0.4 is 5.69 Å². The second-order valence-corrected chi connectivity index (χ2v) is 4.51. The Hall–Kier alpha value is -1.26. The van der Waals surface area contributed by atoms with Gasteiger partial charge >= 0.3 is 5.69 Å². The summed E-state index contributed by atoms with van der Waals surface area (Å²) in [5, 5.41) is 15.3. The van der Waals surface area contributed by atoms with Crippen molar-refractivity contribution < 1.29 is 4.74 Å². The first kappa shape index (κ1) is 12.8. The van der Waals surface area contributed by atoms with Crippen LogP contribution in [0.2, 0.25) is 0 Å². The van der Waals surface area contributed by atoms with Crippen molar-refractivity contribution in [1.29, 1.82) is 5.26 Å². The van der Waals surface area contributed by atoms with E-state index in [1.807, 2.05) is 0 Å². The predicted octanol–water partition coefficient (Wildman–Crippen LogP) is 0.612. The van der Waals surface area contributed by atoms with Crippen molar-refractivity contribution in [1.82, 2.24) is 14.8 Å². The quantitative estimate of drug-likeness (QED) is 0.583. The molecule has 16 heavy (non-hydrogen) atoms. The summed E-state index contributed by atoms with van der Waals surface area (Å²) in [5.74, 6) is 0. The average Bonchev–Trinajstić information content (AvgIpc) is 2.61. The molecule has 1 rings (SSSR count). The number of hydrogen-bond acceptors (Lipinski definition) is 5. The van der Waals surface area contributed by atoms with Crippen molar-refractivity contribution in [3.63, 3.8) is 0 Å². The Labute approximate surface area is 97.6 Å². The van der Waals surface area contributed by atoms with Crippen molar-refractivity contribution in [3.8, 4) is 6.07 Å². The van der Waals surface area contributed by atoms with Gasteiger partial charge in [-0.05, 0) is 13.3 Å². The average molecular weight is 242 g/mol. The molecule has 0 aliphatic carbocycles. The van der Waals surface area contributed by atoms with Crippen LogP contribution in [0.4, 0.5) is 0 Å². The molecular formula is C9H14N4O2S. The third-order valence-corrected chi connectivity index (χ3v) is 2.90. The van der Waals surface area contributed by atoms with Gasteiger partial charge in [0.05, 0.1) is 11.3 Å². The van der Waals surface area contributed by atoms with Gasteiger partial charge in [-0.3, -0.25) is 4.57 Å². The number of ether oxygens (including phenoxy) is 1. The third-order valence-electron chi connectivity index (χ3n) is 1.92. The van der Waals surface area contributed by atoms with E-state index in [4.69, 9.17) is 10.00 Å². The number of H-pyrrole nitrogens is 1. The maximum Gasteiger partial charge on any atom is 0.343 e. The Morgan fingerprint density at radius 3 is 3.12 bits per heavy atom. The molecule has 88 valence electrons. The van der Waals surface area contributed by atoms with E-state index in [-0.39, 0.29) is 10.9 Å². The summed E-state index contributed by atoms with van der Waals surface area (Å²) in [6, 6.07) is 2.09. The molecule has 0 aliphatic heterocycles. The number of hydrogen-bond donors (Lipinski definition) is 1. The third kappa shape index (κ3) is 3.40. The highest BCUT2D eigenvalue weighted by Gasteiger charge is 2.11. The number of methoxy groups -OCH3 is 1. The fourth-order valence-electron chi connectivity index (χ4n) is 1.14. The van der Waals surface area contributed by atoms with Crippen LogP contribution in [0.5, 0.6) is 0 Å². The van der Waals surface area contributed by atoms with Crippen molar-refractivity contribution >= 4 is 11.8 Å². The highest BCUT2D eigenvalue weighted by atomic mass is 32.2. The maximum absolute atomic E-state index is 11.4. The van der Waals surface area contributed by atoms with Gasteiger partial charge in [0.15, 0.2) is 5.16 Å². The Balaban J connectivity index is 2.70. The minimum absolute atomic E-state index is 0.226. The highest BCUT2D eigenvalue weighted by Crippen LogP contribution is 2.18. The number of nitriles is 1. The fourth-order valence-corrected chi connectivity index (χ4v) is 1.91. The molecule has 1 aromatic rings. The van der Waals surface area contributed by atoms with E-state index < -0.39 is 0 Å². The van der Waals surface area contributed by atoms with E-state index in [0.29, 0.717) is 18.3 Å². The van der Waals surface area contributed by atoms with Gasteiger partial charge < -0.3 is 4.74 Å². The zero-order valence-corrected chi connectivity index (χ0v) is 10.1. The molecule has 1 heterocycles. The largest absolute Gasteiger partial charge is 0.385 e. The van der Waals surface area contributed by atoms with Gasteiger partial charge in [0.1, 0.15) is 0 Å². The first-order valence-corrected chi connectivity index (χ1v) is 5.77. The highest BCUT2D eigenvalue weighted by molar-refractivity contribution is 8.00. The van der Waals surface area contributed by atoms with Crippen molar-refractivity contribution in [3.05, 3.63) is 10.5 Å². The normalized spacial score (nSPS) is 12.3. The van der Waals surface area contributed by atoms with Gasteiger partial charge in [0.2, 0.25) is 0 Å². The lowest BCUT2D eigenvalue weighted by atomic mass is 10.4. The van der Waals surface area contributed by atoms with Crippen LogP contribution in [0.25, 0.3) is 0 Å². The van der Waals surface area contributed by atoms with E-state index in [9.17, 15) is 4.79 Å². The zero-order chi connectivity index (χ0) is 12.0. The Morgan fingerprint density at radius 1 is 1.75 bits per heavy atom. The van der Waals surface area contributed by atoms with E-state index in [0.717, 1.165) is 6.42 Å². The number of rotatable bonds is 6. The van der Waals surface area contributed by atoms with Gasteiger partial charge in [-0.25, -0.2) is 9.89 Å². The number of thioether (sulfide) groups is 1. The van der Waals surface area contributed by atoms with Gasteiger partial charge in [-0.2, -0.15) is 5.26 Å². The molecule has 0 bridgehead atoms. The van der Waals surface area contributed by atoms with E-state index in [1.54, 1.807) is 14.0 Å². The van der Waals surface area contributed by atoms with Crippen LogP contribution in [0.1, 0.15) is 13.3 Å². The lowest BCUT2D eigenvalue weighted by Gasteiger charge is -2.05. The number of nitrogens with zero attached hydrogens (tertiary/aromatic N) is 3. The Kier molecular flexibility index (Phi) is 5.08. The molecule has 0 aliphatic rings. The van der Waals surface area contributed by atoms with Crippen molar-refractivity contribution in [2.75, 3.05) is 13.7 Å². The van der Waals surface area contributed by atoms with Crippen LogP contribution in [0, 0.1) is 11.3 Å². The standard InChI is InChI=1S/C9H14N4O2S/c1-7(6-10)16-9-12-11-8(14)13(9)4-3-5-15-2/h7H,3-5H2,1-2H3,(H,11,14). The lowest BCUT2D eigenvalue weighted by Crippen LogP contribution is -2.18. The molecule has 1 aromatic heterocycles. The monoisotopic (exact) mass is 242 g/mol. The Bertz CT molecular complexity index is 420. The molecule has 1 atom stereocenters. The lowest BCUT2D eigenvalue weighted by molar-refractivity contribution is 0.189. The van der Waals surface area contributed by atoms with Gasteiger partial charge in [0, 0.05) is 20.3 Å². The number of aromatic nitrogens is 3. The van der Waals surface area contributed by atoms with Gasteiger partial charge in [-0.1, -0.05) is 11.8 Å². The predicted molar refractivity (Wildman–Crippen MR) is 60.3 cm³/mol. The molecule has 0 amide bonds. The van der Waals surface area contributed by atoms with E-state index in [1.165, 1.54) is 16.3 Å². The SMILES string of the molecule is COCCCn1c(SC(C)C#N)n[nH]c1=O. The number of aromatic amines is 1. The second kappa shape index (κ2) is 6.35. The minimum atomic E-state index is -0.247. The maximum atomic E-state index is 11.4. The topological polar surface area (TPSA) is 83.7 Å². The van der Waals surface area contributed by atoms with Crippen LogP contribution >= 0.6 is 11.8 Å². The first-order chi connectivity index (χ1) is 7.69. The summed E-state index contributed by atoms with van der Waals surface area (Å²) < 4.78 is 6.44. The summed E-state index contributed by atoms with van der Waals surface area (Å²) >= 11 is 1.27. The molecular weight excluding hydrogens is 228 g/mol. The smallest absolute Gasteiger partial charge is 0.343 e. The second-order valence-electron chi connectivity index (χ2n) is 3.20. The van der Waals surface area contributed by atoms with Crippen LogP contribution in [-0.4, -0.2) is 33.7 Å². The van der Waals surface area contributed by atoms with Crippen molar-refractivity contribution in [2.24, 2.45) is 0 Å². The van der Waals surface area contributed by atoms with Crippen LogP contribution in [-0.2, 0) is 11.3 Å². The molecule has 0 spiro atoms. The van der Waals surface area contributed by atoms with E-state index in [2.05, 4.69) is 16.3 Å². The molecule has 0 aromatic carbocycles. The van der Waals surface area contributed by atoms with E-state index >= 15 is 0 Å². The van der Waals surface area contributed by atoms with Crippen molar-refractivity contribution in [2.45, 2.75) is 30.3 Å². The summed E-state index contributed by atoms with van der Waals surface area (Å²) in [6.45, 7) is 2.91. The zero-order valence-electron chi connectivity index (χ0n) is 9.27. The molecule has 0 saturated heterocycles. The fraction of sp³-hybridized carbons (Fsp3) is 0.667.